The van der Waals surface area contributed by atoms with Crippen molar-refractivity contribution in [2.24, 2.45) is 5.41 Å². The lowest BCUT2D eigenvalue weighted by Crippen LogP contribution is -2.59. The van der Waals surface area contributed by atoms with Gasteiger partial charge in [0.15, 0.2) is 0 Å². The molecule has 3 heterocycles. The third-order valence-electron chi connectivity index (χ3n) is 6.37. The van der Waals surface area contributed by atoms with Crippen LogP contribution in [0.25, 0.3) is 0 Å². The molecule has 4 rings (SSSR count). The summed E-state index contributed by atoms with van der Waals surface area (Å²) in [6, 6.07) is 0. The number of allylic oxidation sites excluding steroid dienone is 1. The molecule has 148 valence electrons. The van der Waals surface area contributed by atoms with Gasteiger partial charge in [0.2, 0.25) is 17.7 Å². The smallest absolute Gasteiger partial charge is 0.230 e. The molecule has 1 N–H and O–H groups in total. The molecule has 2 atom stereocenters. The standard InChI is InChI=1S/C20H30N4O3/c1-15-21-22-18(27-15)12-23-10-7-17(25)20(13-23)8-4-9-24(14-20)19(26)11-16-5-2-3-6-16/h5,17,25H,2-4,6-14H2,1H3/t17?,20-/m1/s1. The van der Waals surface area contributed by atoms with Gasteiger partial charge in [0.1, 0.15) is 0 Å². The van der Waals surface area contributed by atoms with Gasteiger partial charge < -0.3 is 14.4 Å². The number of amides is 1. The molecule has 2 saturated heterocycles. The van der Waals surface area contributed by atoms with Crippen molar-refractivity contribution in [2.45, 2.75) is 64.5 Å². The highest BCUT2D eigenvalue weighted by atomic mass is 16.4. The van der Waals surface area contributed by atoms with Crippen molar-refractivity contribution in [3.8, 4) is 0 Å². The predicted molar refractivity (Wildman–Crippen MR) is 99.7 cm³/mol. The number of carbonyl (C=O) groups is 1. The van der Waals surface area contributed by atoms with Crippen LogP contribution in [-0.2, 0) is 11.3 Å². The number of hydrogen-bond acceptors (Lipinski definition) is 6. The highest BCUT2D eigenvalue weighted by molar-refractivity contribution is 5.79. The molecule has 0 aromatic carbocycles. The lowest BCUT2D eigenvalue weighted by molar-refractivity contribution is -0.141. The Morgan fingerprint density at radius 1 is 1.33 bits per heavy atom. The van der Waals surface area contributed by atoms with E-state index in [4.69, 9.17) is 4.42 Å². The van der Waals surface area contributed by atoms with Crippen LogP contribution in [0.15, 0.2) is 16.1 Å². The molecular formula is C20H30N4O3. The largest absolute Gasteiger partial charge is 0.424 e. The third-order valence-corrected chi connectivity index (χ3v) is 6.37. The lowest BCUT2D eigenvalue weighted by Gasteiger charge is -2.51. The maximum absolute atomic E-state index is 12.8. The van der Waals surface area contributed by atoms with E-state index in [2.05, 4.69) is 21.2 Å². The van der Waals surface area contributed by atoms with Crippen molar-refractivity contribution in [3.05, 3.63) is 23.4 Å². The second-order valence-corrected chi connectivity index (χ2v) is 8.44. The van der Waals surface area contributed by atoms with E-state index < -0.39 is 0 Å². The van der Waals surface area contributed by atoms with Crippen LogP contribution < -0.4 is 0 Å². The fourth-order valence-corrected chi connectivity index (χ4v) is 4.95. The Balaban J connectivity index is 1.42. The highest BCUT2D eigenvalue weighted by Gasteiger charge is 2.46. The normalized spacial score (nSPS) is 29.3. The monoisotopic (exact) mass is 374 g/mol. The average Bonchev–Trinajstić information content (AvgIpc) is 3.30. The Morgan fingerprint density at radius 2 is 2.22 bits per heavy atom. The van der Waals surface area contributed by atoms with Crippen LogP contribution in [0.1, 0.15) is 56.7 Å². The van der Waals surface area contributed by atoms with Crippen LogP contribution in [0.5, 0.6) is 0 Å². The van der Waals surface area contributed by atoms with E-state index >= 15 is 0 Å². The zero-order valence-electron chi connectivity index (χ0n) is 16.2. The number of likely N-dealkylation sites (tertiary alicyclic amines) is 2. The third kappa shape index (κ3) is 4.09. The van der Waals surface area contributed by atoms with Crippen LogP contribution in [-0.4, -0.2) is 63.3 Å². The first-order valence-electron chi connectivity index (χ1n) is 10.2. The molecule has 3 aliphatic rings. The van der Waals surface area contributed by atoms with Gasteiger partial charge in [-0.3, -0.25) is 9.69 Å². The maximum Gasteiger partial charge on any atom is 0.230 e. The summed E-state index contributed by atoms with van der Waals surface area (Å²) in [5, 5.41) is 18.8. The topological polar surface area (TPSA) is 82.7 Å². The Labute approximate surface area is 160 Å². The first kappa shape index (κ1) is 18.6. The molecule has 1 aromatic rings. The Morgan fingerprint density at radius 3 is 2.96 bits per heavy atom. The van der Waals surface area contributed by atoms with Crippen LogP contribution in [0.2, 0.25) is 0 Å². The lowest BCUT2D eigenvalue weighted by atomic mass is 9.71. The number of aryl methyl sites for hydroxylation is 1. The summed E-state index contributed by atoms with van der Waals surface area (Å²) in [6.07, 6.45) is 8.39. The second kappa shape index (κ2) is 7.72. The van der Waals surface area contributed by atoms with E-state index in [1.807, 2.05) is 4.90 Å². The minimum absolute atomic E-state index is 0.221. The number of rotatable bonds is 4. The maximum atomic E-state index is 12.8. The summed E-state index contributed by atoms with van der Waals surface area (Å²) in [5.41, 5.74) is 1.04. The number of aliphatic hydroxyl groups is 1. The molecule has 1 spiro atoms. The predicted octanol–water partition coefficient (Wildman–Crippen LogP) is 2.05. The van der Waals surface area contributed by atoms with Crippen molar-refractivity contribution in [2.75, 3.05) is 26.2 Å². The molecule has 2 aliphatic heterocycles. The molecule has 1 unspecified atom stereocenters. The van der Waals surface area contributed by atoms with Crippen molar-refractivity contribution in [1.82, 2.24) is 20.0 Å². The van der Waals surface area contributed by atoms with Gasteiger partial charge in [-0.2, -0.15) is 0 Å². The Hall–Kier alpha value is -1.73. The van der Waals surface area contributed by atoms with E-state index in [9.17, 15) is 9.90 Å². The number of carbonyl (C=O) groups excluding carboxylic acids is 1. The second-order valence-electron chi connectivity index (χ2n) is 8.44. The van der Waals surface area contributed by atoms with Crippen LogP contribution >= 0.6 is 0 Å². The van der Waals surface area contributed by atoms with Crippen LogP contribution in [0.3, 0.4) is 0 Å². The quantitative estimate of drug-likeness (QED) is 0.812. The molecule has 1 aliphatic carbocycles. The molecule has 0 bridgehead atoms. The summed E-state index contributed by atoms with van der Waals surface area (Å²) in [7, 11) is 0. The Kier molecular flexibility index (Phi) is 5.32. The summed E-state index contributed by atoms with van der Waals surface area (Å²) >= 11 is 0. The first-order valence-corrected chi connectivity index (χ1v) is 10.2. The van der Waals surface area contributed by atoms with E-state index in [1.165, 1.54) is 12.0 Å². The number of hydrogen-bond donors (Lipinski definition) is 1. The van der Waals surface area contributed by atoms with Gasteiger partial charge in [-0.1, -0.05) is 11.6 Å². The number of aromatic nitrogens is 2. The van der Waals surface area contributed by atoms with Gasteiger partial charge in [-0.05, 0) is 38.5 Å². The molecule has 7 nitrogen and oxygen atoms in total. The van der Waals surface area contributed by atoms with Gasteiger partial charge in [-0.15, -0.1) is 10.2 Å². The molecule has 0 saturated carbocycles. The molecular weight excluding hydrogens is 344 g/mol. The fraction of sp³-hybridized carbons (Fsp3) is 0.750. The SMILES string of the molecule is Cc1nnc(CN2CCC(O)[C@]3(CCCN(C(=O)CC4=CCCC4)C3)C2)o1. The van der Waals surface area contributed by atoms with Gasteiger partial charge in [0, 0.05) is 44.9 Å². The zero-order valence-corrected chi connectivity index (χ0v) is 16.2. The highest BCUT2D eigenvalue weighted by Crippen LogP contribution is 2.39. The Bertz CT molecular complexity index is 716. The van der Waals surface area contributed by atoms with Gasteiger partial charge in [0.25, 0.3) is 0 Å². The molecule has 1 aromatic heterocycles. The van der Waals surface area contributed by atoms with Crippen molar-refractivity contribution < 1.29 is 14.3 Å². The summed E-state index contributed by atoms with van der Waals surface area (Å²) in [4.78, 5) is 17.1. The molecule has 2 fully saturated rings. The summed E-state index contributed by atoms with van der Waals surface area (Å²) in [6.45, 7) is 5.44. The van der Waals surface area contributed by atoms with Gasteiger partial charge in [-0.25, -0.2) is 0 Å². The van der Waals surface area contributed by atoms with Crippen molar-refractivity contribution >= 4 is 5.91 Å². The first-order chi connectivity index (χ1) is 13.0. The van der Waals surface area contributed by atoms with E-state index in [0.29, 0.717) is 31.3 Å². The van der Waals surface area contributed by atoms with E-state index in [1.54, 1.807) is 6.92 Å². The summed E-state index contributed by atoms with van der Waals surface area (Å²) < 4.78 is 5.53. The molecule has 0 radical (unpaired) electrons. The number of aliphatic hydroxyl groups excluding tert-OH is 1. The minimum Gasteiger partial charge on any atom is -0.424 e. The van der Waals surface area contributed by atoms with E-state index in [0.717, 1.165) is 51.7 Å². The molecule has 1 amide bonds. The molecule has 7 heteroatoms. The van der Waals surface area contributed by atoms with Crippen molar-refractivity contribution in [1.29, 1.82) is 0 Å². The minimum atomic E-state index is -0.362. The average molecular weight is 374 g/mol. The van der Waals surface area contributed by atoms with Gasteiger partial charge in [0.05, 0.1) is 12.6 Å². The molecule has 27 heavy (non-hydrogen) atoms. The van der Waals surface area contributed by atoms with Crippen molar-refractivity contribution in [3.63, 3.8) is 0 Å². The zero-order chi connectivity index (χ0) is 18.9. The van der Waals surface area contributed by atoms with Gasteiger partial charge >= 0.3 is 0 Å². The van der Waals surface area contributed by atoms with Crippen LogP contribution in [0, 0.1) is 12.3 Å². The number of piperidine rings is 2. The van der Waals surface area contributed by atoms with E-state index in [-0.39, 0.29) is 17.4 Å². The van der Waals surface area contributed by atoms with Crippen LogP contribution in [0.4, 0.5) is 0 Å². The number of nitrogens with zero attached hydrogens (tertiary/aromatic N) is 4. The fourth-order valence-electron chi connectivity index (χ4n) is 4.95. The summed E-state index contributed by atoms with van der Waals surface area (Å²) in [5.74, 6) is 1.42.